The maximum Gasteiger partial charge on any atom is 0.0355 e. The molecule has 0 radical (unpaired) electrons. The van der Waals surface area contributed by atoms with Gasteiger partial charge in [0.2, 0.25) is 0 Å². The third-order valence-electron chi connectivity index (χ3n) is 6.63. The molecule has 0 aliphatic carbocycles. The fourth-order valence-corrected chi connectivity index (χ4v) is 6.44. The largest absolute Gasteiger partial charge is 0.136 e. The van der Waals surface area contributed by atoms with Crippen LogP contribution in [0.15, 0.2) is 97.1 Å². The molecule has 6 rings (SSSR count). The third-order valence-corrected chi connectivity index (χ3v) is 8.76. The molecule has 0 amide bonds. The summed E-state index contributed by atoms with van der Waals surface area (Å²) in [4.78, 5) is 2.55. The Bertz CT molecular complexity index is 1670. The molecule has 0 N–H and O–H groups in total. The molecule has 2 heterocycles. The van der Waals surface area contributed by atoms with Gasteiger partial charge in [-0.3, -0.25) is 0 Å². The summed E-state index contributed by atoms with van der Waals surface area (Å²) in [5.74, 6) is 0. The molecule has 184 valence electrons. The van der Waals surface area contributed by atoms with Crippen molar-refractivity contribution in [1.29, 1.82) is 0 Å². The highest BCUT2D eigenvalue weighted by Gasteiger charge is 2.03. The molecule has 0 aliphatic heterocycles. The van der Waals surface area contributed by atoms with Crippen molar-refractivity contribution < 1.29 is 0 Å². The smallest absolute Gasteiger partial charge is 0.0355 e. The van der Waals surface area contributed by atoms with Gasteiger partial charge in [-0.15, -0.1) is 22.7 Å². The minimum absolute atomic E-state index is 1.23. The van der Waals surface area contributed by atoms with Crippen molar-refractivity contribution in [2.45, 2.75) is 13.8 Å². The van der Waals surface area contributed by atoms with Crippen LogP contribution in [0.1, 0.15) is 43.1 Å². The molecule has 6 aromatic rings. The normalized spacial score (nSPS) is 12.2. The SMILES string of the molecule is Cc1ccc(/C=C/c2ccc3cc(/C=C/c4cc5ccc(/C=C/c6ccc(C)cc6)cc5s4)sc3c2)cc1. The fourth-order valence-electron chi connectivity index (χ4n) is 4.41. The van der Waals surface area contributed by atoms with E-state index in [1.54, 1.807) is 0 Å². The highest BCUT2D eigenvalue weighted by Crippen LogP contribution is 2.31. The molecule has 0 bridgehead atoms. The average molecular weight is 525 g/mol. The average Bonchev–Trinajstić information content (AvgIpc) is 3.54. The topological polar surface area (TPSA) is 0 Å². The predicted molar refractivity (Wildman–Crippen MR) is 173 cm³/mol. The molecule has 38 heavy (non-hydrogen) atoms. The van der Waals surface area contributed by atoms with Gasteiger partial charge in [0.25, 0.3) is 0 Å². The van der Waals surface area contributed by atoms with Gasteiger partial charge >= 0.3 is 0 Å². The van der Waals surface area contributed by atoms with E-state index in [1.807, 2.05) is 22.7 Å². The summed E-state index contributed by atoms with van der Waals surface area (Å²) >= 11 is 3.69. The van der Waals surface area contributed by atoms with Crippen LogP contribution in [0.5, 0.6) is 0 Å². The summed E-state index contributed by atoms with van der Waals surface area (Å²) in [6.45, 7) is 4.24. The van der Waals surface area contributed by atoms with Crippen LogP contribution in [0.3, 0.4) is 0 Å². The Labute approximate surface area is 232 Å². The zero-order valence-electron chi connectivity index (χ0n) is 21.5. The molecular weight excluding hydrogens is 497 g/mol. The van der Waals surface area contributed by atoms with E-state index in [9.17, 15) is 0 Å². The van der Waals surface area contributed by atoms with E-state index < -0.39 is 0 Å². The molecule has 2 aromatic heterocycles. The number of fused-ring (bicyclic) bond motifs is 2. The number of hydrogen-bond acceptors (Lipinski definition) is 2. The highest BCUT2D eigenvalue weighted by molar-refractivity contribution is 7.20. The quantitative estimate of drug-likeness (QED) is 0.190. The van der Waals surface area contributed by atoms with Crippen molar-refractivity contribution in [1.82, 2.24) is 0 Å². The van der Waals surface area contributed by atoms with Crippen LogP contribution in [-0.2, 0) is 0 Å². The first-order valence-electron chi connectivity index (χ1n) is 12.8. The molecule has 4 aromatic carbocycles. The second-order valence-corrected chi connectivity index (χ2v) is 11.9. The van der Waals surface area contributed by atoms with E-state index >= 15 is 0 Å². The Balaban J connectivity index is 1.17. The predicted octanol–water partition coefficient (Wildman–Crippen LogP) is 11.2. The zero-order chi connectivity index (χ0) is 25.9. The maximum atomic E-state index is 2.28. The Morgan fingerprint density at radius 1 is 0.395 bits per heavy atom. The number of hydrogen-bond donors (Lipinski definition) is 0. The van der Waals surface area contributed by atoms with Gasteiger partial charge in [-0.25, -0.2) is 0 Å². The van der Waals surface area contributed by atoms with Crippen LogP contribution in [0, 0.1) is 13.8 Å². The fraction of sp³-hybridized carbons (Fsp3) is 0.0556. The van der Waals surface area contributed by atoms with Crippen LogP contribution in [-0.4, -0.2) is 0 Å². The second kappa shape index (κ2) is 10.8. The molecule has 0 fully saturated rings. The summed E-state index contributed by atoms with van der Waals surface area (Å²) < 4.78 is 2.63. The Hall–Kier alpha value is -3.98. The molecule has 0 saturated carbocycles. The monoisotopic (exact) mass is 524 g/mol. The van der Waals surface area contributed by atoms with Crippen LogP contribution in [0.2, 0.25) is 0 Å². The van der Waals surface area contributed by atoms with Gasteiger partial charge in [0, 0.05) is 19.2 Å². The summed E-state index contributed by atoms with van der Waals surface area (Å²) in [5, 5.41) is 2.59. The lowest BCUT2D eigenvalue weighted by atomic mass is 10.1. The third kappa shape index (κ3) is 5.78. The molecule has 0 unspecified atom stereocenters. The first-order valence-corrected chi connectivity index (χ1v) is 14.5. The van der Waals surface area contributed by atoms with Crippen molar-refractivity contribution in [2.24, 2.45) is 0 Å². The number of benzene rings is 4. The lowest BCUT2D eigenvalue weighted by Crippen LogP contribution is -1.74. The van der Waals surface area contributed by atoms with Gasteiger partial charge in [0.05, 0.1) is 0 Å². The number of thiophene rings is 2. The first kappa shape index (κ1) is 24.4. The minimum Gasteiger partial charge on any atom is -0.136 e. The molecule has 0 saturated heterocycles. The van der Waals surface area contributed by atoms with Gasteiger partial charge in [-0.05, 0) is 83.3 Å². The second-order valence-electron chi connectivity index (χ2n) is 9.71. The van der Waals surface area contributed by atoms with Gasteiger partial charge in [-0.2, -0.15) is 0 Å². The van der Waals surface area contributed by atoms with E-state index in [0.29, 0.717) is 0 Å². The van der Waals surface area contributed by atoms with Crippen LogP contribution in [0.25, 0.3) is 56.6 Å². The molecular formula is C36H28S2. The number of rotatable bonds is 6. The standard InChI is InChI=1S/C36H28S2/c1-25-3-7-27(8-4-25)11-13-29-15-17-31-23-33(37-35(31)21-29)19-20-34-24-32-18-16-30(22-36(32)38-34)14-12-28-9-5-26(2)6-10-28/h3-24H,1-2H3/b13-11+,14-12+,20-19+. The molecule has 0 aliphatic rings. The number of aryl methyl sites for hydroxylation is 2. The van der Waals surface area contributed by atoms with Gasteiger partial charge in [-0.1, -0.05) is 108 Å². The Kier molecular flexibility index (Phi) is 6.92. The Morgan fingerprint density at radius 3 is 1.18 bits per heavy atom. The van der Waals surface area contributed by atoms with Crippen molar-refractivity contribution in [3.8, 4) is 0 Å². The summed E-state index contributed by atoms with van der Waals surface area (Å²) in [6, 6.07) is 35.2. The molecule has 0 atom stereocenters. The van der Waals surface area contributed by atoms with Gasteiger partial charge in [0.15, 0.2) is 0 Å². The summed E-state index contributed by atoms with van der Waals surface area (Å²) in [5.41, 5.74) is 7.48. The summed E-state index contributed by atoms with van der Waals surface area (Å²) in [7, 11) is 0. The van der Waals surface area contributed by atoms with E-state index in [0.717, 1.165) is 0 Å². The summed E-state index contributed by atoms with van der Waals surface area (Å²) in [6.07, 6.45) is 13.2. The molecule has 2 heteroatoms. The first-order chi connectivity index (χ1) is 18.6. The zero-order valence-corrected chi connectivity index (χ0v) is 23.2. The molecule has 0 nitrogen and oxygen atoms in total. The van der Waals surface area contributed by atoms with Crippen LogP contribution < -0.4 is 0 Å². The van der Waals surface area contributed by atoms with Crippen LogP contribution in [0.4, 0.5) is 0 Å². The van der Waals surface area contributed by atoms with Gasteiger partial charge < -0.3 is 0 Å². The Morgan fingerprint density at radius 2 is 0.763 bits per heavy atom. The lowest BCUT2D eigenvalue weighted by molar-refractivity contribution is 1.46. The van der Waals surface area contributed by atoms with E-state index in [1.165, 1.54) is 63.3 Å². The highest BCUT2D eigenvalue weighted by atomic mass is 32.1. The minimum atomic E-state index is 1.23. The van der Waals surface area contributed by atoms with Crippen LogP contribution >= 0.6 is 22.7 Å². The van der Waals surface area contributed by atoms with Crippen molar-refractivity contribution in [3.63, 3.8) is 0 Å². The maximum absolute atomic E-state index is 2.28. The van der Waals surface area contributed by atoms with Crippen molar-refractivity contribution in [3.05, 3.63) is 140 Å². The van der Waals surface area contributed by atoms with E-state index in [4.69, 9.17) is 0 Å². The van der Waals surface area contributed by atoms with E-state index in [2.05, 4.69) is 147 Å². The van der Waals surface area contributed by atoms with Crippen molar-refractivity contribution >= 4 is 79.3 Å². The van der Waals surface area contributed by atoms with Gasteiger partial charge in [0.1, 0.15) is 0 Å². The van der Waals surface area contributed by atoms with E-state index in [-0.39, 0.29) is 0 Å². The lowest BCUT2D eigenvalue weighted by Gasteiger charge is -1.96. The van der Waals surface area contributed by atoms with Crippen molar-refractivity contribution in [2.75, 3.05) is 0 Å². The molecule has 0 spiro atoms.